The third kappa shape index (κ3) is 4.56. The van der Waals surface area contributed by atoms with Gasteiger partial charge in [0.2, 0.25) is 5.91 Å². The molecule has 138 valence electrons. The summed E-state index contributed by atoms with van der Waals surface area (Å²) in [6, 6.07) is 13.5. The van der Waals surface area contributed by atoms with Gasteiger partial charge in [-0.2, -0.15) is 0 Å². The van der Waals surface area contributed by atoms with E-state index in [1.54, 1.807) is 0 Å². The molecule has 0 saturated heterocycles. The lowest BCUT2D eigenvalue weighted by atomic mass is 10.1. The number of H-pyrrole nitrogens is 1. The number of ether oxygens (including phenoxy) is 1. The van der Waals surface area contributed by atoms with Crippen molar-refractivity contribution in [3.05, 3.63) is 59.8 Å². The number of aromatic amines is 1. The van der Waals surface area contributed by atoms with Gasteiger partial charge >= 0.3 is 0 Å². The molecule has 26 heavy (non-hydrogen) atoms. The van der Waals surface area contributed by atoms with Gasteiger partial charge in [0.1, 0.15) is 12.4 Å². The van der Waals surface area contributed by atoms with Crippen molar-refractivity contribution in [1.29, 1.82) is 0 Å². The third-order valence-corrected chi connectivity index (χ3v) is 4.14. The van der Waals surface area contributed by atoms with Gasteiger partial charge in [-0.25, -0.2) is 0 Å². The van der Waals surface area contributed by atoms with Gasteiger partial charge in [-0.1, -0.05) is 25.1 Å². The first kappa shape index (κ1) is 19.8. The van der Waals surface area contributed by atoms with E-state index in [1.165, 1.54) is 5.56 Å². The molecule has 3 rings (SSSR count). The fourth-order valence-corrected chi connectivity index (χ4v) is 2.91. The topological polar surface area (TPSA) is 80.1 Å². The van der Waals surface area contributed by atoms with E-state index in [1.807, 2.05) is 36.5 Å². The van der Waals surface area contributed by atoms with Crippen molar-refractivity contribution in [3.8, 4) is 5.75 Å². The molecule has 0 radical (unpaired) electrons. The third-order valence-electron chi connectivity index (χ3n) is 4.14. The quantitative estimate of drug-likeness (QED) is 0.591. The van der Waals surface area contributed by atoms with Gasteiger partial charge in [-0.05, 0) is 41.8 Å². The number of aromatic nitrogens is 1. The summed E-state index contributed by atoms with van der Waals surface area (Å²) in [6.07, 6.45) is 3.22. The highest BCUT2D eigenvalue weighted by Crippen LogP contribution is 2.23. The van der Waals surface area contributed by atoms with Crippen molar-refractivity contribution in [2.24, 2.45) is 5.73 Å². The fourth-order valence-electron chi connectivity index (χ4n) is 2.91. The summed E-state index contributed by atoms with van der Waals surface area (Å²) in [7, 11) is 0. The molecule has 6 heteroatoms. The highest BCUT2D eigenvalue weighted by Gasteiger charge is 2.11. The van der Waals surface area contributed by atoms with Crippen LogP contribution in [-0.2, 0) is 17.6 Å². The molecule has 0 bridgehead atoms. The van der Waals surface area contributed by atoms with Crippen LogP contribution in [0.15, 0.2) is 48.7 Å². The first-order chi connectivity index (χ1) is 12.2. The zero-order valence-electron chi connectivity index (χ0n) is 14.7. The van der Waals surface area contributed by atoms with Crippen LogP contribution in [0.5, 0.6) is 5.75 Å². The smallest absolute Gasteiger partial charge is 0.228 e. The van der Waals surface area contributed by atoms with Crippen LogP contribution in [0.4, 0.5) is 5.69 Å². The molecular weight excluding hydrogens is 350 g/mol. The number of carbonyl (C=O) groups excluding carboxylic acids is 1. The maximum Gasteiger partial charge on any atom is 0.228 e. The Balaban J connectivity index is 0.00000243. The Labute approximate surface area is 159 Å². The second kappa shape index (κ2) is 9.27. The van der Waals surface area contributed by atoms with Gasteiger partial charge in [0.15, 0.2) is 0 Å². The van der Waals surface area contributed by atoms with Crippen LogP contribution in [0, 0.1) is 0 Å². The van der Waals surface area contributed by atoms with Crippen molar-refractivity contribution in [2.75, 3.05) is 18.5 Å². The number of hydrogen-bond donors (Lipinski definition) is 3. The van der Waals surface area contributed by atoms with Crippen LogP contribution in [-0.4, -0.2) is 24.0 Å². The van der Waals surface area contributed by atoms with Crippen LogP contribution in [0.25, 0.3) is 10.9 Å². The molecule has 0 saturated carbocycles. The number of nitrogens with two attached hydrogens (primary N) is 1. The highest BCUT2D eigenvalue weighted by molar-refractivity contribution is 5.96. The molecule has 0 aliphatic carbocycles. The van der Waals surface area contributed by atoms with Crippen LogP contribution < -0.4 is 15.8 Å². The van der Waals surface area contributed by atoms with Crippen molar-refractivity contribution in [3.63, 3.8) is 0 Å². The SMILES string of the molecule is CCc1cccc2c(CC(=O)Nc3ccc(OCCN)cc3)c[nH]c12.Cl. The number of rotatable bonds is 7. The average molecular weight is 374 g/mol. The van der Waals surface area contributed by atoms with E-state index in [2.05, 4.69) is 29.4 Å². The van der Waals surface area contributed by atoms with Crippen LogP contribution in [0.2, 0.25) is 0 Å². The van der Waals surface area contributed by atoms with E-state index in [9.17, 15) is 4.79 Å². The van der Waals surface area contributed by atoms with E-state index >= 15 is 0 Å². The summed E-state index contributed by atoms with van der Waals surface area (Å²) in [5, 5.41) is 4.03. The molecule has 3 aromatic rings. The standard InChI is InChI=1S/C20H23N3O2.ClH/c1-2-14-4-3-5-18-15(13-22-20(14)18)12-19(24)23-16-6-8-17(9-7-16)25-11-10-21;/h3-9,13,22H,2,10-12,21H2,1H3,(H,23,24);1H. The molecule has 5 nitrogen and oxygen atoms in total. The second-order valence-electron chi connectivity index (χ2n) is 5.89. The number of anilines is 1. The molecule has 0 aliphatic rings. The Morgan fingerprint density at radius 3 is 2.62 bits per heavy atom. The molecule has 0 fully saturated rings. The van der Waals surface area contributed by atoms with E-state index in [0.717, 1.165) is 34.3 Å². The lowest BCUT2D eigenvalue weighted by molar-refractivity contribution is -0.115. The van der Waals surface area contributed by atoms with Crippen molar-refractivity contribution in [1.82, 2.24) is 4.98 Å². The van der Waals surface area contributed by atoms with Gasteiger partial charge in [-0.3, -0.25) is 4.79 Å². The van der Waals surface area contributed by atoms with E-state index < -0.39 is 0 Å². The van der Waals surface area contributed by atoms with Gasteiger partial charge in [-0.15, -0.1) is 12.4 Å². The van der Waals surface area contributed by atoms with E-state index in [4.69, 9.17) is 10.5 Å². The van der Waals surface area contributed by atoms with Gasteiger partial charge in [0.25, 0.3) is 0 Å². The summed E-state index contributed by atoms with van der Waals surface area (Å²) in [5.41, 5.74) is 9.55. The van der Waals surface area contributed by atoms with Crippen molar-refractivity contribution >= 4 is 34.9 Å². The first-order valence-corrected chi connectivity index (χ1v) is 8.52. The monoisotopic (exact) mass is 373 g/mol. The Hall–Kier alpha value is -2.50. The van der Waals surface area contributed by atoms with Gasteiger partial charge < -0.3 is 20.8 Å². The summed E-state index contributed by atoms with van der Waals surface area (Å²) in [4.78, 5) is 15.7. The lowest BCUT2D eigenvalue weighted by Crippen LogP contribution is -2.14. The molecule has 2 aromatic carbocycles. The van der Waals surface area contributed by atoms with Crippen LogP contribution in [0.3, 0.4) is 0 Å². The number of carbonyl (C=O) groups is 1. The number of nitrogens with one attached hydrogen (secondary N) is 2. The fraction of sp³-hybridized carbons (Fsp3) is 0.250. The molecule has 4 N–H and O–H groups in total. The zero-order valence-corrected chi connectivity index (χ0v) is 15.6. The molecule has 1 heterocycles. The maximum atomic E-state index is 12.4. The van der Waals surface area contributed by atoms with Crippen LogP contribution in [0.1, 0.15) is 18.1 Å². The highest BCUT2D eigenvalue weighted by atomic mass is 35.5. The molecule has 0 aliphatic heterocycles. The average Bonchev–Trinajstić information content (AvgIpc) is 3.04. The largest absolute Gasteiger partial charge is 0.492 e. The maximum absolute atomic E-state index is 12.4. The Kier molecular flexibility index (Phi) is 7.06. The van der Waals surface area contributed by atoms with Crippen molar-refractivity contribution in [2.45, 2.75) is 19.8 Å². The van der Waals surface area contributed by atoms with Crippen LogP contribution >= 0.6 is 12.4 Å². The Morgan fingerprint density at radius 2 is 1.92 bits per heavy atom. The van der Waals surface area contributed by atoms with Gasteiger partial charge in [0.05, 0.1) is 6.42 Å². The number of benzene rings is 2. The summed E-state index contributed by atoms with van der Waals surface area (Å²) in [6.45, 7) is 3.08. The number of aryl methyl sites for hydroxylation is 1. The molecule has 1 amide bonds. The Morgan fingerprint density at radius 1 is 1.15 bits per heavy atom. The minimum absolute atomic E-state index is 0. The Bertz CT molecular complexity index is 859. The summed E-state index contributed by atoms with van der Waals surface area (Å²) in [5.74, 6) is 0.700. The predicted molar refractivity (Wildman–Crippen MR) is 108 cm³/mol. The van der Waals surface area contributed by atoms with Gasteiger partial charge in [0, 0.05) is 29.3 Å². The molecule has 0 spiro atoms. The number of hydrogen-bond acceptors (Lipinski definition) is 3. The first-order valence-electron chi connectivity index (χ1n) is 8.52. The predicted octanol–water partition coefficient (Wildman–Crippen LogP) is 3.67. The van der Waals surface area contributed by atoms with E-state index in [-0.39, 0.29) is 18.3 Å². The minimum Gasteiger partial charge on any atom is -0.492 e. The number of fused-ring (bicyclic) bond motifs is 1. The molecule has 0 atom stereocenters. The second-order valence-corrected chi connectivity index (χ2v) is 5.89. The number of amides is 1. The number of halogens is 1. The summed E-state index contributed by atoms with van der Waals surface area (Å²) >= 11 is 0. The minimum atomic E-state index is -0.0431. The number of para-hydroxylation sites is 1. The molecule has 1 aromatic heterocycles. The molecular formula is C20H24ClN3O2. The molecule has 0 unspecified atom stereocenters. The van der Waals surface area contributed by atoms with E-state index in [0.29, 0.717) is 19.6 Å². The lowest BCUT2D eigenvalue weighted by Gasteiger charge is -2.07. The van der Waals surface area contributed by atoms with Crippen molar-refractivity contribution < 1.29 is 9.53 Å². The zero-order chi connectivity index (χ0) is 17.6. The summed E-state index contributed by atoms with van der Waals surface area (Å²) < 4.78 is 5.43. The normalized spacial score (nSPS) is 10.4.